The predicted octanol–water partition coefficient (Wildman–Crippen LogP) is 1.08. The van der Waals surface area contributed by atoms with E-state index in [2.05, 4.69) is 19.9 Å². The molecule has 0 saturated carbocycles. The number of piperidine rings is 1. The number of fused-ring (bicyclic) bond motifs is 1. The number of nitrogens with one attached hydrogen (secondary N) is 1. The van der Waals surface area contributed by atoms with E-state index in [9.17, 15) is 4.79 Å². The first-order valence-electron chi connectivity index (χ1n) is 6.99. The molecule has 4 heterocycles. The number of pyridine rings is 1. The molecule has 20 heavy (non-hydrogen) atoms. The number of rotatable bonds is 1. The molecule has 104 valence electrons. The number of ether oxygens (including phenoxy) is 1. The minimum absolute atomic E-state index is 0.0168. The summed E-state index contributed by atoms with van der Waals surface area (Å²) in [6, 6.07) is 1.81. The first kappa shape index (κ1) is 11.8. The molecular formula is C14H16N4O2. The molecule has 2 fully saturated rings. The molecule has 6 nitrogen and oxygen atoms in total. The summed E-state index contributed by atoms with van der Waals surface area (Å²) in [5.74, 6) is 0.728. The molecule has 0 radical (unpaired) electrons. The van der Waals surface area contributed by atoms with Gasteiger partial charge in [0.05, 0.1) is 23.1 Å². The van der Waals surface area contributed by atoms with Crippen molar-refractivity contribution in [3.8, 4) is 0 Å². The SMILES string of the molecule is O=c1nc(N2CCCC3(CCO3)C2)c2cnccc2[nH]1. The Bertz CT molecular complexity index is 708. The van der Waals surface area contributed by atoms with E-state index < -0.39 is 0 Å². The van der Waals surface area contributed by atoms with E-state index >= 15 is 0 Å². The third-order valence-corrected chi connectivity index (χ3v) is 4.32. The Labute approximate surface area is 115 Å². The lowest BCUT2D eigenvalue weighted by Crippen LogP contribution is -2.56. The molecule has 0 aromatic carbocycles. The van der Waals surface area contributed by atoms with Gasteiger partial charge in [0.15, 0.2) is 0 Å². The summed E-state index contributed by atoms with van der Waals surface area (Å²) >= 11 is 0. The van der Waals surface area contributed by atoms with E-state index in [1.807, 2.05) is 6.07 Å². The van der Waals surface area contributed by atoms with Crippen molar-refractivity contribution in [2.24, 2.45) is 0 Å². The van der Waals surface area contributed by atoms with Gasteiger partial charge < -0.3 is 14.6 Å². The Morgan fingerprint density at radius 3 is 3.10 bits per heavy atom. The van der Waals surface area contributed by atoms with Crippen LogP contribution >= 0.6 is 0 Å². The average Bonchev–Trinajstić information content (AvgIpc) is 2.45. The minimum Gasteiger partial charge on any atom is -0.373 e. The quantitative estimate of drug-likeness (QED) is 0.841. The van der Waals surface area contributed by atoms with Gasteiger partial charge in [0.2, 0.25) is 0 Å². The summed E-state index contributed by atoms with van der Waals surface area (Å²) in [4.78, 5) is 25.0. The van der Waals surface area contributed by atoms with Crippen molar-refractivity contribution in [1.82, 2.24) is 15.0 Å². The lowest BCUT2D eigenvalue weighted by Gasteiger charge is -2.48. The fourth-order valence-corrected chi connectivity index (χ4v) is 3.21. The van der Waals surface area contributed by atoms with E-state index in [0.717, 1.165) is 55.7 Å². The van der Waals surface area contributed by atoms with E-state index in [-0.39, 0.29) is 11.3 Å². The lowest BCUT2D eigenvalue weighted by molar-refractivity contribution is -0.151. The monoisotopic (exact) mass is 272 g/mol. The standard InChI is InChI=1S/C14H16N4O2/c19-13-16-11-2-5-15-8-10(11)12(17-13)18-6-1-3-14(9-18)4-7-20-14/h2,5,8H,1,3-4,6-7,9H2,(H,16,17,19). The normalized spacial score (nSPS) is 25.9. The van der Waals surface area contributed by atoms with Crippen LogP contribution in [0.2, 0.25) is 0 Å². The molecule has 1 unspecified atom stereocenters. The lowest BCUT2D eigenvalue weighted by atomic mass is 9.86. The molecular weight excluding hydrogens is 256 g/mol. The molecule has 4 rings (SSSR count). The zero-order valence-corrected chi connectivity index (χ0v) is 11.1. The predicted molar refractivity (Wildman–Crippen MR) is 74.9 cm³/mol. The second kappa shape index (κ2) is 4.28. The van der Waals surface area contributed by atoms with Gasteiger partial charge in [-0.15, -0.1) is 0 Å². The van der Waals surface area contributed by atoms with Crippen molar-refractivity contribution < 1.29 is 4.74 Å². The van der Waals surface area contributed by atoms with E-state index in [1.54, 1.807) is 12.4 Å². The maximum Gasteiger partial charge on any atom is 0.347 e. The molecule has 1 atom stereocenters. The van der Waals surface area contributed by atoms with Gasteiger partial charge in [-0.2, -0.15) is 4.98 Å². The Morgan fingerprint density at radius 1 is 1.40 bits per heavy atom. The van der Waals surface area contributed by atoms with E-state index in [4.69, 9.17) is 4.74 Å². The van der Waals surface area contributed by atoms with Gasteiger partial charge in [0.25, 0.3) is 0 Å². The Balaban J connectivity index is 1.79. The largest absolute Gasteiger partial charge is 0.373 e. The van der Waals surface area contributed by atoms with E-state index in [0.29, 0.717) is 0 Å². The summed E-state index contributed by atoms with van der Waals surface area (Å²) in [7, 11) is 0. The van der Waals surface area contributed by atoms with Crippen LogP contribution in [0.15, 0.2) is 23.3 Å². The third kappa shape index (κ3) is 1.79. The van der Waals surface area contributed by atoms with Crippen LogP contribution in [-0.4, -0.2) is 40.2 Å². The van der Waals surface area contributed by atoms with Crippen molar-refractivity contribution in [3.05, 3.63) is 28.9 Å². The fourth-order valence-electron chi connectivity index (χ4n) is 3.21. The Hall–Kier alpha value is -1.95. The Kier molecular flexibility index (Phi) is 2.53. The average molecular weight is 272 g/mol. The molecule has 0 bridgehead atoms. The van der Waals surface area contributed by atoms with Crippen molar-refractivity contribution in [1.29, 1.82) is 0 Å². The van der Waals surface area contributed by atoms with Crippen molar-refractivity contribution in [2.45, 2.75) is 24.9 Å². The van der Waals surface area contributed by atoms with Crippen LogP contribution in [0, 0.1) is 0 Å². The molecule has 0 aliphatic carbocycles. The molecule has 1 spiro atoms. The smallest absolute Gasteiger partial charge is 0.347 e. The highest BCUT2D eigenvalue weighted by Crippen LogP contribution is 2.37. The van der Waals surface area contributed by atoms with Gasteiger partial charge in [-0.1, -0.05) is 0 Å². The zero-order chi connectivity index (χ0) is 13.6. The highest BCUT2D eigenvalue weighted by molar-refractivity contribution is 5.88. The maximum absolute atomic E-state index is 11.7. The molecule has 2 aliphatic heterocycles. The number of hydrogen-bond acceptors (Lipinski definition) is 5. The van der Waals surface area contributed by atoms with Crippen molar-refractivity contribution in [2.75, 3.05) is 24.6 Å². The fraction of sp³-hybridized carbons (Fsp3) is 0.500. The highest BCUT2D eigenvalue weighted by atomic mass is 16.5. The second-order valence-electron chi connectivity index (χ2n) is 5.59. The van der Waals surface area contributed by atoms with Crippen LogP contribution in [0.3, 0.4) is 0 Å². The number of nitrogens with zero attached hydrogens (tertiary/aromatic N) is 3. The van der Waals surface area contributed by atoms with Crippen LogP contribution in [0.5, 0.6) is 0 Å². The number of aromatic nitrogens is 3. The number of anilines is 1. The third-order valence-electron chi connectivity index (χ3n) is 4.32. The molecule has 6 heteroatoms. The van der Waals surface area contributed by atoms with Crippen LogP contribution in [0.1, 0.15) is 19.3 Å². The van der Waals surface area contributed by atoms with Gasteiger partial charge in [-0.3, -0.25) is 4.98 Å². The van der Waals surface area contributed by atoms with Crippen LogP contribution in [0.25, 0.3) is 10.9 Å². The molecule has 0 amide bonds. The van der Waals surface area contributed by atoms with Crippen molar-refractivity contribution >= 4 is 16.7 Å². The molecule has 2 aliphatic rings. The second-order valence-corrected chi connectivity index (χ2v) is 5.59. The van der Waals surface area contributed by atoms with Crippen molar-refractivity contribution in [3.63, 3.8) is 0 Å². The molecule has 2 aromatic rings. The Morgan fingerprint density at radius 2 is 2.30 bits per heavy atom. The summed E-state index contributed by atoms with van der Waals surface area (Å²) < 4.78 is 5.78. The summed E-state index contributed by atoms with van der Waals surface area (Å²) in [6.07, 6.45) is 6.70. The number of aromatic amines is 1. The van der Waals surface area contributed by atoms with Gasteiger partial charge in [-0.25, -0.2) is 4.79 Å². The van der Waals surface area contributed by atoms with Gasteiger partial charge in [0, 0.05) is 31.9 Å². The van der Waals surface area contributed by atoms with E-state index in [1.165, 1.54) is 0 Å². The first-order valence-corrected chi connectivity index (χ1v) is 6.99. The molecule has 1 N–H and O–H groups in total. The maximum atomic E-state index is 11.7. The summed E-state index contributed by atoms with van der Waals surface area (Å²) in [5, 5.41) is 0.892. The molecule has 2 saturated heterocycles. The highest BCUT2D eigenvalue weighted by Gasteiger charge is 2.42. The minimum atomic E-state index is -0.312. The molecule has 2 aromatic heterocycles. The van der Waals surface area contributed by atoms with Crippen LogP contribution < -0.4 is 10.6 Å². The number of H-pyrrole nitrogens is 1. The topological polar surface area (TPSA) is 71.1 Å². The summed E-state index contributed by atoms with van der Waals surface area (Å²) in [6.45, 7) is 2.57. The zero-order valence-electron chi connectivity index (χ0n) is 11.1. The van der Waals surface area contributed by atoms with Crippen LogP contribution in [0.4, 0.5) is 5.82 Å². The van der Waals surface area contributed by atoms with Gasteiger partial charge >= 0.3 is 5.69 Å². The number of hydrogen-bond donors (Lipinski definition) is 1. The first-order chi connectivity index (χ1) is 9.76. The van der Waals surface area contributed by atoms with Crippen LogP contribution in [-0.2, 0) is 4.74 Å². The van der Waals surface area contributed by atoms with Gasteiger partial charge in [-0.05, 0) is 18.9 Å². The van der Waals surface area contributed by atoms with Gasteiger partial charge in [0.1, 0.15) is 5.82 Å². The summed E-state index contributed by atoms with van der Waals surface area (Å²) in [5.41, 5.74) is 0.453.